The van der Waals surface area contributed by atoms with E-state index in [9.17, 15) is 9.90 Å². The maximum Gasteiger partial charge on any atom is 0.246 e. The predicted octanol–water partition coefficient (Wildman–Crippen LogP) is 4.53. The first kappa shape index (κ1) is 18.8. The van der Waals surface area contributed by atoms with E-state index in [1.54, 1.807) is 20.1 Å². The first-order valence-electron chi connectivity index (χ1n) is 9.36. The summed E-state index contributed by atoms with van der Waals surface area (Å²) in [5.41, 5.74) is 3.44. The Balaban J connectivity index is 1.60. The number of benzene rings is 3. The predicted molar refractivity (Wildman–Crippen MR) is 114 cm³/mol. The Morgan fingerprint density at radius 3 is 2.59 bits per heavy atom. The van der Waals surface area contributed by atoms with Gasteiger partial charge in [0.25, 0.3) is 0 Å². The first-order valence-corrected chi connectivity index (χ1v) is 9.36. The molecule has 4 aromatic rings. The lowest BCUT2D eigenvalue weighted by Crippen LogP contribution is -2.32. The molecule has 0 saturated heterocycles. The van der Waals surface area contributed by atoms with Gasteiger partial charge >= 0.3 is 0 Å². The number of ether oxygens (including phenoxy) is 1. The van der Waals surface area contributed by atoms with E-state index in [1.807, 2.05) is 54.6 Å². The molecule has 148 valence electrons. The Labute approximate surface area is 168 Å². The third-order valence-electron chi connectivity index (χ3n) is 4.91. The quantitative estimate of drug-likeness (QED) is 0.451. The zero-order valence-corrected chi connectivity index (χ0v) is 16.2. The summed E-state index contributed by atoms with van der Waals surface area (Å²) >= 11 is 0. The van der Waals surface area contributed by atoms with E-state index in [1.165, 1.54) is 0 Å². The first-order chi connectivity index (χ1) is 14.1. The van der Waals surface area contributed by atoms with Crippen LogP contribution in [0.25, 0.3) is 21.9 Å². The highest BCUT2D eigenvalue weighted by Crippen LogP contribution is 2.36. The number of furan rings is 1. The van der Waals surface area contributed by atoms with Crippen LogP contribution < -0.4 is 15.4 Å². The van der Waals surface area contributed by atoms with Gasteiger partial charge in [-0.15, -0.1) is 0 Å². The smallest absolute Gasteiger partial charge is 0.246 e. The number of amides is 1. The number of methoxy groups -OCH3 is 1. The van der Waals surface area contributed by atoms with Crippen molar-refractivity contribution in [2.45, 2.75) is 19.6 Å². The molecule has 0 saturated carbocycles. The van der Waals surface area contributed by atoms with E-state index < -0.39 is 6.04 Å². The third kappa shape index (κ3) is 3.62. The normalized spacial score (nSPS) is 12.1. The Morgan fingerprint density at radius 1 is 1.03 bits per heavy atom. The summed E-state index contributed by atoms with van der Waals surface area (Å²) in [4.78, 5) is 12.8. The molecule has 6 heteroatoms. The fraction of sp³-hybridized carbons (Fsp3) is 0.174. The van der Waals surface area contributed by atoms with Crippen LogP contribution in [0.3, 0.4) is 0 Å². The monoisotopic (exact) mass is 390 g/mol. The van der Waals surface area contributed by atoms with Gasteiger partial charge in [0.1, 0.15) is 23.0 Å². The zero-order valence-electron chi connectivity index (χ0n) is 16.2. The lowest BCUT2D eigenvalue weighted by atomic mass is 10.1. The number of fused-ring (bicyclic) bond motifs is 3. The lowest BCUT2D eigenvalue weighted by Gasteiger charge is -2.18. The van der Waals surface area contributed by atoms with Gasteiger partial charge in [-0.05, 0) is 25.1 Å². The van der Waals surface area contributed by atoms with Gasteiger partial charge in [0.05, 0.1) is 19.4 Å². The zero-order chi connectivity index (χ0) is 20.4. The van der Waals surface area contributed by atoms with Crippen LogP contribution >= 0.6 is 0 Å². The van der Waals surface area contributed by atoms with Gasteiger partial charge in [0.15, 0.2) is 0 Å². The summed E-state index contributed by atoms with van der Waals surface area (Å²) in [6, 6.07) is 18.2. The fourth-order valence-corrected chi connectivity index (χ4v) is 3.36. The molecule has 0 spiro atoms. The van der Waals surface area contributed by atoms with Gasteiger partial charge in [0.2, 0.25) is 5.91 Å². The number of hydrogen-bond acceptors (Lipinski definition) is 5. The van der Waals surface area contributed by atoms with Gasteiger partial charge in [-0.25, -0.2) is 0 Å². The van der Waals surface area contributed by atoms with Gasteiger partial charge in [-0.3, -0.25) is 4.79 Å². The highest BCUT2D eigenvalue weighted by Gasteiger charge is 2.18. The fourth-order valence-electron chi connectivity index (χ4n) is 3.36. The van der Waals surface area contributed by atoms with Crippen molar-refractivity contribution in [3.05, 3.63) is 66.2 Å². The second-order valence-corrected chi connectivity index (χ2v) is 6.82. The summed E-state index contributed by atoms with van der Waals surface area (Å²) in [7, 11) is 1.57. The number of carbonyl (C=O) groups excluding carboxylic acids is 1. The molecule has 0 aliphatic carbocycles. The molecular formula is C23H22N2O4. The van der Waals surface area contributed by atoms with Gasteiger partial charge in [0, 0.05) is 28.1 Å². The van der Waals surface area contributed by atoms with Crippen LogP contribution in [-0.4, -0.2) is 24.2 Å². The van der Waals surface area contributed by atoms with Crippen LogP contribution in [0.15, 0.2) is 65.1 Å². The molecule has 0 aliphatic rings. The van der Waals surface area contributed by atoms with Crippen molar-refractivity contribution in [1.29, 1.82) is 0 Å². The van der Waals surface area contributed by atoms with E-state index in [4.69, 9.17) is 9.15 Å². The second kappa shape index (κ2) is 7.85. The number of nitrogens with one attached hydrogen (secondary N) is 2. The summed E-state index contributed by atoms with van der Waals surface area (Å²) in [5, 5.41) is 17.4. The molecule has 3 aromatic carbocycles. The summed E-state index contributed by atoms with van der Waals surface area (Å²) in [6.45, 7) is 1.66. The van der Waals surface area contributed by atoms with Crippen LogP contribution in [-0.2, 0) is 11.4 Å². The summed E-state index contributed by atoms with van der Waals surface area (Å²) < 4.78 is 11.4. The Morgan fingerprint density at radius 2 is 1.79 bits per heavy atom. The van der Waals surface area contributed by atoms with Crippen molar-refractivity contribution in [3.63, 3.8) is 0 Å². The number of anilines is 2. The molecule has 0 fully saturated rings. The molecule has 6 nitrogen and oxygen atoms in total. The molecular weight excluding hydrogens is 368 g/mol. The number of carbonyl (C=O) groups is 1. The number of hydrogen-bond donors (Lipinski definition) is 3. The van der Waals surface area contributed by atoms with E-state index in [2.05, 4.69) is 10.6 Å². The molecule has 0 aliphatic heterocycles. The van der Waals surface area contributed by atoms with Gasteiger partial charge in [-0.1, -0.05) is 36.4 Å². The number of rotatable bonds is 6. The molecule has 4 rings (SSSR count). The average molecular weight is 390 g/mol. The topological polar surface area (TPSA) is 83.7 Å². The molecule has 1 aromatic heterocycles. The molecule has 1 unspecified atom stereocenters. The van der Waals surface area contributed by atoms with E-state index in [0.717, 1.165) is 27.6 Å². The summed E-state index contributed by atoms with van der Waals surface area (Å²) in [5.74, 6) is 0.326. The average Bonchev–Trinajstić information content (AvgIpc) is 3.10. The molecule has 1 atom stereocenters. The standard InChI is InChI=1S/C23H22N2O4/c1-14(24-18-9-5-3-7-15(18)13-26)23(27)25-19-12-21-17(11-22(19)28-2)16-8-4-6-10-20(16)29-21/h3-12,14,24,26H,13H2,1-2H3,(H,25,27). The lowest BCUT2D eigenvalue weighted by molar-refractivity contribution is -0.116. The van der Waals surface area contributed by atoms with E-state index >= 15 is 0 Å². The number of para-hydroxylation sites is 2. The van der Waals surface area contributed by atoms with E-state index in [0.29, 0.717) is 17.0 Å². The maximum atomic E-state index is 12.8. The molecule has 0 radical (unpaired) electrons. The van der Waals surface area contributed by atoms with Gasteiger partial charge < -0.3 is 24.9 Å². The van der Waals surface area contributed by atoms with Crippen LogP contribution in [0.1, 0.15) is 12.5 Å². The number of aliphatic hydroxyl groups excluding tert-OH is 1. The minimum absolute atomic E-state index is 0.103. The Bertz CT molecular complexity index is 1180. The highest BCUT2D eigenvalue weighted by atomic mass is 16.5. The minimum Gasteiger partial charge on any atom is -0.495 e. The van der Waals surface area contributed by atoms with Crippen molar-refractivity contribution in [1.82, 2.24) is 0 Å². The van der Waals surface area contributed by atoms with Crippen molar-refractivity contribution in [2.75, 3.05) is 17.7 Å². The molecule has 1 heterocycles. The van der Waals surface area contributed by atoms with E-state index in [-0.39, 0.29) is 12.5 Å². The second-order valence-electron chi connectivity index (χ2n) is 6.82. The summed E-state index contributed by atoms with van der Waals surface area (Å²) in [6.07, 6.45) is 0. The van der Waals surface area contributed by atoms with Crippen molar-refractivity contribution in [3.8, 4) is 5.75 Å². The van der Waals surface area contributed by atoms with Crippen LogP contribution in [0, 0.1) is 0 Å². The maximum absolute atomic E-state index is 12.8. The minimum atomic E-state index is -0.529. The van der Waals surface area contributed by atoms with Crippen LogP contribution in [0.2, 0.25) is 0 Å². The molecule has 1 amide bonds. The SMILES string of the molecule is COc1cc2c(cc1NC(=O)C(C)Nc1ccccc1CO)oc1ccccc12. The Kier molecular flexibility index (Phi) is 5.10. The molecule has 0 bridgehead atoms. The number of aliphatic hydroxyl groups is 1. The third-order valence-corrected chi connectivity index (χ3v) is 4.91. The van der Waals surface area contributed by atoms with Crippen molar-refractivity contribution < 1.29 is 19.1 Å². The van der Waals surface area contributed by atoms with Crippen molar-refractivity contribution in [2.24, 2.45) is 0 Å². The van der Waals surface area contributed by atoms with Crippen LogP contribution in [0.4, 0.5) is 11.4 Å². The highest BCUT2D eigenvalue weighted by molar-refractivity contribution is 6.08. The largest absolute Gasteiger partial charge is 0.495 e. The Hall–Kier alpha value is -3.51. The molecule has 29 heavy (non-hydrogen) atoms. The van der Waals surface area contributed by atoms with Crippen LogP contribution in [0.5, 0.6) is 5.75 Å². The van der Waals surface area contributed by atoms with Crippen molar-refractivity contribution >= 4 is 39.2 Å². The van der Waals surface area contributed by atoms with Gasteiger partial charge in [-0.2, -0.15) is 0 Å². The molecule has 3 N–H and O–H groups in total.